The van der Waals surface area contributed by atoms with Crippen molar-refractivity contribution < 1.29 is 4.42 Å². The molecule has 0 aliphatic carbocycles. The van der Waals surface area contributed by atoms with E-state index in [9.17, 15) is 0 Å². The van der Waals surface area contributed by atoms with Gasteiger partial charge >= 0.3 is 180 Å². The number of rotatable bonds is 3. The summed E-state index contributed by atoms with van der Waals surface area (Å²) in [6.45, 7) is 4.51. The molecule has 0 spiro atoms. The van der Waals surface area contributed by atoms with Crippen molar-refractivity contribution in [3.8, 4) is 11.3 Å². The van der Waals surface area contributed by atoms with Gasteiger partial charge in [-0.1, -0.05) is 0 Å². The fraction of sp³-hybridized carbons (Fsp3) is 0.222. The second-order valence-corrected chi connectivity index (χ2v) is 20.2. The van der Waals surface area contributed by atoms with E-state index in [0.717, 1.165) is 33.2 Å². The Bertz CT molecular complexity index is 1410. The molecule has 0 aliphatic heterocycles. The molecule has 2 heterocycles. The molecule has 3 heteroatoms. The van der Waals surface area contributed by atoms with Crippen molar-refractivity contribution >= 4 is 50.4 Å². The number of fused-ring (bicyclic) bond motifs is 4. The molecule has 0 unspecified atom stereocenters. The summed E-state index contributed by atoms with van der Waals surface area (Å²) in [6.07, 6.45) is 1.87. The molecule has 0 radical (unpaired) electrons. The first-order valence-electron chi connectivity index (χ1n) is 10.7. The van der Waals surface area contributed by atoms with Gasteiger partial charge < -0.3 is 0 Å². The van der Waals surface area contributed by atoms with Crippen LogP contribution in [0.5, 0.6) is 0 Å². The number of hydrogen-bond acceptors (Lipinski definition) is 2. The molecule has 0 saturated carbocycles. The average Bonchev–Trinajstić information content (AvgIpc) is 3.10. The quantitative estimate of drug-likeness (QED) is 0.265. The summed E-state index contributed by atoms with van der Waals surface area (Å²) >= 11 is -1.92. The molecule has 5 rings (SSSR count). The standard InChI is InChI=1S/C27H27GeNO/c1-17(2)23-15-19(14-18-8-6-7-9-21(18)23)27-26-22-11-10-20(28(3,4)5)16-25(22)30-24(26)12-13-29-27/h6-17H,1-5H3. The molecule has 0 saturated heterocycles. The van der Waals surface area contributed by atoms with Crippen LogP contribution in [0.4, 0.5) is 0 Å². The summed E-state index contributed by atoms with van der Waals surface area (Å²) in [7, 11) is 0. The Morgan fingerprint density at radius 2 is 1.63 bits per heavy atom. The molecule has 0 aliphatic rings. The molecular formula is C27H27GeNO. The fourth-order valence-corrected chi connectivity index (χ4v) is 6.77. The van der Waals surface area contributed by atoms with Crippen LogP contribution < -0.4 is 4.40 Å². The van der Waals surface area contributed by atoms with Crippen LogP contribution in [0, 0.1) is 0 Å². The van der Waals surface area contributed by atoms with Crippen LogP contribution in [0.1, 0.15) is 25.3 Å². The van der Waals surface area contributed by atoms with E-state index in [-0.39, 0.29) is 0 Å². The average molecular weight is 454 g/mol. The van der Waals surface area contributed by atoms with Gasteiger partial charge in [0.15, 0.2) is 0 Å². The Balaban J connectivity index is 1.81. The van der Waals surface area contributed by atoms with Crippen LogP contribution in [0.3, 0.4) is 0 Å². The van der Waals surface area contributed by atoms with Crippen LogP contribution in [0.15, 0.2) is 71.3 Å². The SMILES string of the molecule is CC(C)c1cc(-c2nccc3oc4c[c]([Ge]([CH3])([CH3])[CH3])ccc4c23)cc2ccccc12. The van der Waals surface area contributed by atoms with E-state index >= 15 is 0 Å². The zero-order chi connectivity index (χ0) is 21.0. The summed E-state index contributed by atoms with van der Waals surface area (Å²) in [6, 6.07) is 22.0. The monoisotopic (exact) mass is 455 g/mol. The molecular weight excluding hydrogens is 427 g/mol. The maximum absolute atomic E-state index is 6.31. The first kappa shape index (κ1) is 19.4. The first-order valence-corrected chi connectivity index (χ1v) is 18.0. The van der Waals surface area contributed by atoms with Crippen LogP contribution >= 0.6 is 0 Å². The van der Waals surface area contributed by atoms with Gasteiger partial charge in [0.25, 0.3) is 0 Å². The zero-order valence-corrected chi connectivity index (χ0v) is 20.4. The predicted molar refractivity (Wildman–Crippen MR) is 132 cm³/mol. The van der Waals surface area contributed by atoms with Crippen LogP contribution in [-0.4, -0.2) is 18.3 Å². The molecule has 0 N–H and O–H groups in total. The van der Waals surface area contributed by atoms with Crippen molar-refractivity contribution in [2.45, 2.75) is 37.0 Å². The molecule has 2 nitrogen and oxygen atoms in total. The van der Waals surface area contributed by atoms with Crippen LogP contribution in [-0.2, 0) is 0 Å². The van der Waals surface area contributed by atoms with Gasteiger partial charge in [-0.25, -0.2) is 0 Å². The van der Waals surface area contributed by atoms with Gasteiger partial charge in [0, 0.05) is 0 Å². The summed E-state index contributed by atoms with van der Waals surface area (Å²) in [5.41, 5.74) is 5.40. The number of pyridine rings is 1. The number of aromatic nitrogens is 1. The Kier molecular flexibility index (Phi) is 4.51. The Morgan fingerprint density at radius 3 is 2.40 bits per heavy atom. The third-order valence-corrected chi connectivity index (χ3v) is 10.3. The summed E-state index contributed by atoms with van der Waals surface area (Å²) in [5.74, 6) is 7.69. The Hall–Kier alpha value is -2.59. The van der Waals surface area contributed by atoms with Gasteiger partial charge in [-0.05, 0) is 0 Å². The van der Waals surface area contributed by atoms with Gasteiger partial charge in [0.2, 0.25) is 0 Å². The van der Waals surface area contributed by atoms with Gasteiger partial charge in [0.05, 0.1) is 0 Å². The van der Waals surface area contributed by atoms with Crippen molar-refractivity contribution in [3.63, 3.8) is 0 Å². The van der Waals surface area contributed by atoms with E-state index in [4.69, 9.17) is 9.40 Å². The number of nitrogens with zero attached hydrogens (tertiary/aromatic N) is 1. The molecule has 0 amide bonds. The molecule has 0 fully saturated rings. The van der Waals surface area contributed by atoms with Gasteiger partial charge in [-0.15, -0.1) is 0 Å². The maximum atomic E-state index is 6.31. The van der Waals surface area contributed by atoms with Gasteiger partial charge in [0.1, 0.15) is 0 Å². The van der Waals surface area contributed by atoms with E-state index < -0.39 is 13.3 Å². The molecule has 0 bridgehead atoms. The number of furan rings is 1. The molecule has 150 valence electrons. The second kappa shape index (κ2) is 6.99. The second-order valence-electron chi connectivity index (χ2n) is 9.54. The van der Waals surface area contributed by atoms with E-state index in [1.54, 1.807) is 0 Å². The Morgan fingerprint density at radius 1 is 0.833 bits per heavy atom. The van der Waals surface area contributed by atoms with Gasteiger partial charge in [-0.2, -0.15) is 0 Å². The summed E-state index contributed by atoms with van der Waals surface area (Å²) in [5, 5.41) is 4.85. The molecule has 30 heavy (non-hydrogen) atoms. The van der Waals surface area contributed by atoms with Crippen molar-refractivity contribution in [1.82, 2.24) is 4.98 Å². The Labute approximate surface area is 180 Å². The van der Waals surface area contributed by atoms with Crippen molar-refractivity contribution in [3.05, 3.63) is 72.4 Å². The fourth-order valence-electron chi connectivity index (χ4n) is 4.36. The van der Waals surface area contributed by atoms with E-state index in [2.05, 4.69) is 85.7 Å². The topological polar surface area (TPSA) is 26.0 Å². The minimum absolute atomic E-state index is 0.441. The molecule has 3 aromatic carbocycles. The van der Waals surface area contributed by atoms with E-state index in [0.29, 0.717) is 5.92 Å². The zero-order valence-electron chi connectivity index (χ0n) is 18.3. The van der Waals surface area contributed by atoms with E-state index in [1.165, 1.54) is 20.7 Å². The molecule has 2 aromatic heterocycles. The van der Waals surface area contributed by atoms with Crippen molar-refractivity contribution in [2.75, 3.05) is 0 Å². The first-order chi connectivity index (χ1) is 14.3. The number of hydrogen-bond donors (Lipinski definition) is 0. The molecule has 0 atom stereocenters. The predicted octanol–water partition coefficient (Wildman–Crippen LogP) is 7.47. The summed E-state index contributed by atoms with van der Waals surface area (Å²) < 4.78 is 7.77. The van der Waals surface area contributed by atoms with E-state index in [1.807, 2.05) is 12.3 Å². The van der Waals surface area contributed by atoms with Crippen molar-refractivity contribution in [2.24, 2.45) is 0 Å². The van der Waals surface area contributed by atoms with Crippen molar-refractivity contribution in [1.29, 1.82) is 0 Å². The normalized spacial score (nSPS) is 12.5. The number of benzene rings is 3. The third kappa shape index (κ3) is 3.14. The third-order valence-electron chi connectivity index (χ3n) is 6.04. The van der Waals surface area contributed by atoms with Crippen LogP contribution in [0.25, 0.3) is 44.0 Å². The summed E-state index contributed by atoms with van der Waals surface area (Å²) in [4.78, 5) is 4.83. The van der Waals surface area contributed by atoms with Gasteiger partial charge in [-0.3, -0.25) is 0 Å². The molecule has 5 aromatic rings. The van der Waals surface area contributed by atoms with Crippen LogP contribution in [0.2, 0.25) is 17.3 Å². The minimum atomic E-state index is -1.92.